The molecule has 0 bridgehead atoms. The smallest absolute Gasteiger partial charge is 0.414 e. The van der Waals surface area contributed by atoms with Gasteiger partial charge >= 0.3 is 17.9 Å². The maximum atomic E-state index is 12.1. The summed E-state index contributed by atoms with van der Waals surface area (Å²) >= 11 is 0. The van der Waals surface area contributed by atoms with Crippen LogP contribution >= 0.6 is 0 Å². The number of aliphatic carboxylic acids is 2. The molecule has 2 N–H and O–H groups in total. The minimum atomic E-state index is -1.82. The molecule has 0 aliphatic carbocycles. The highest BCUT2D eigenvalue weighted by Crippen LogP contribution is 2.29. The van der Waals surface area contributed by atoms with Crippen LogP contribution in [-0.2, 0) is 25.7 Å². The Morgan fingerprint density at radius 2 is 1.71 bits per heavy atom. The van der Waals surface area contributed by atoms with Crippen molar-refractivity contribution in [3.05, 3.63) is 23.8 Å². The largest absolute Gasteiger partial charge is 0.493 e. The lowest BCUT2D eigenvalue weighted by molar-refractivity contribution is -0.159. The van der Waals surface area contributed by atoms with Crippen molar-refractivity contribution >= 4 is 17.9 Å². The summed E-state index contributed by atoms with van der Waals surface area (Å²) in [5.41, 5.74) is 1.11. The van der Waals surface area contributed by atoms with Crippen LogP contribution in [0.4, 0.5) is 0 Å². The predicted octanol–water partition coefficient (Wildman–Crippen LogP) is 1.78. The van der Waals surface area contributed by atoms with Crippen LogP contribution in [0.3, 0.4) is 0 Å². The molecule has 1 aliphatic heterocycles. The molecule has 156 valence electrons. The predicted molar refractivity (Wildman–Crippen MR) is 99.5 cm³/mol. The lowest BCUT2D eigenvalue weighted by Crippen LogP contribution is -2.44. The number of benzene rings is 1. The monoisotopic (exact) mass is 397 g/mol. The number of hydrogen-bond acceptors (Lipinski definition) is 7. The Hall–Kier alpha value is -2.81. The van der Waals surface area contributed by atoms with Crippen molar-refractivity contribution in [2.24, 2.45) is 0 Å². The number of carbonyl (C=O) groups is 3. The molecule has 1 aromatic carbocycles. The molecular formula is C19H27NO8. The SMILES string of the molecule is CCOC(=O)C1CCCCN1Cc1ccc(OC)c(OC)c1.O=C(O)C(=O)O. The Morgan fingerprint density at radius 3 is 2.25 bits per heavy atom. The molecule has 0 spiro atoms. The van der Waals surface area contributed by atoms with Gasteiger partial charge in [-0.3, -0.25) is 9.69 Å². The van der Waals surface area contributed by atoms with E-state index in [1.165, 1.54) is 0 Å². The van der Waals surface area contributed by atoms with E-state index in [1.807, 2.05) is 25.1 Å². The molecule has 0 aromatic heterocycles. The molecule has 9 nitrogen and oxygen atoms in total. The van der Waals surface area contributed by atoms with Crippen LogP contribution in [0.2, 0.25) is 0 Å². The van der Waals surface area contributed by atoms with Crippen LogP contribution in [-0.4, -0.2) is 66.4 Å². The fraction of sp³-hybridized carbons (Fsp3) is 0.526. The van der Waals surface area contributed by atoms with Crippen molar-refractivity contribution < 1.29 is 38.8 Å². The number of ether oxygens (including phenoxy) is 3. The number of rotatable bonds is 6. The topological polar surface area (TPSA) is 123 Å². The van der Waals surface area contributed by atoms with Gasteiger partial charge in [0.15, 0.2) is 11.5 Å². The quantitative estimate of drug-likeness (QED) is 0.546. The van der Waals surface area contributed by atoms with Gasteiger partial charge in [0.05, 0.1) is 20.8 Å². The highest BCUT2D eigenvalue weighted by atomic mass is 16.5. The van der Waals surface area contributed by atoms with E-state index in [0.717, 1.165) is 31.4 Å². The van der Waals surface area contributed by atoms with E-state index >= 15 is 0 Å². The van der Waals surface area contributed by atoms with Gasteiger partial charge in [0.25, 0.3) is 0 Å². The first kappa shape index (κ1) is 23.2. The van der Waals surface area contributed by atoms with Gasteiger partial charge in [-0.2, -0.15) is 0 Å². The molecule has 0 radical (unpaired) electrons. The standard InChI is InChI=1S/C17H25NO4.C2H2O4/c1-4-22-17(19)14-7-5-6-10-18(14)12-13-8-9-15(20-2)16(11-13)21-3;3-1(4)2(5)6/h8-9,11,14H,4-7,10,12H2,1-3H3;(H,3,4)(H,5,6). The summed E-state index contributed by atoms with van der Waals surface area (Å²) in [6.45, 7) is 3.90. The highest BCUT2D eigenvalue weighted by Gasteiger charge is 2.29. The van der Waals surface area contributed by atoms with Crippen molar-refractivity contribution in [3.8, 4) is 11.5 Å². The summed E-state index contributed by atoms with van der Waals surface area (Å²) in [7, 11) is 3.25. The Bertz CT molecular complexity index is 664. The van der Waals surface area contributed by atoms with Crippen LogP contribution in [0.25, 0.3) is 0 Å². The number of likely N-dealkylation sites (tertiary alicyclic amines) is 1. The number of esters is 1. The zero-order chi connectivity index (χ0) is 21.1. The third kappa shape index (κ3) is 7.07. The van der Waals surface area contributed by atoms with E-state index in [9.17, 15) is 4.79 Å². The molecule has 9 heteroatoms. The summed E-state index contributed by atoms with van der Waals surface area (Å²) in [6, 6.07) is 5.74. The molecule has 1 saturated heterocycles. The lowest BCUT2D eigenvalue weighted by atomic mass is 10.0. The summed E-state index contributed by atoms with van der Waals surface area (Å²) in [4.78, 5) is 32.5. The number of carbonyl (C=O) groups excluding carboxylic acids is 1. The van der Waals surface area contributed by atoms with E-state index < -0.39 is 11.9 Å². The Balaban J connectivity index is 0.000000568. The number of carboxylic acid groups (broad SMARTS) is 2. The normalized spacial score (nSPS) is 16.3. The van der Waals surface area contributed by atoms with Gasteiger partial charge in [-0.15, -0.1) is 0 Å². The first-order valence-corrected chi connectivity index (χ1v) is 8.91. The molecule has 1 heterocycles. The van der Waals surface area contributed by atoms with Crippen molar-refractivity contribution in [3.63, 3.8) is 0 Å². The summed E-state index contributed by atoms with van der Waals surface area (Å²) < 4.78 is 15.8. The molecule has 1 fully saturated rings. The molecular weight excluding hydrogens is 370 g/mol. The van der Waals surface area contributed by atoms with Crippen molar-refractivity contribution in [1.29, 1.82) is 0 Å². The number of methoxy groups -OCH3 is 2. The van der Waals surface area contributed by atoms with Crippen LogP contribution in [0.5, 0.6) is 11.5 Å². The summed E-state index contributed by atoms with van der Waals surface area (Å²) in [6.07, 6.45) is 3.06. The molecule has 1 atom stereocenters. The first-order chi connectivity index (χ1) is 13.3. The molecule has 0 amide bonds. The minimum Gasteiger partial charge on any atom is -0.493 e. The number of carboxylic acids is 2. The third-order valence-electron chi connectivity index (χ3n) is 4.19. The molecule has 2 rings (SSSR count). The Kier molecular flexibility index (Phi) is 9.80. The molecule has 28 heavy (non-hydrogen) atoms. The zero-order valence-corrected chi connectivity index (χ0v) is 16.3. The van der Waals surface area contributed by atoms with E-state index in [0.29, 0.717) is 24.7 Å². The van der Waals surface area contributed by atoms with E-state index in [1.54, 1.807) is 14.2 Å². The van der Waals surface area contributed by atoms with Gasteiger partial charge in [-0.05, 0) is 44.0 Å². The van der Waals surface area contributed by atoms with Gasteiger partial charge in [0.1, 0.15) is 6.04 Å². The fourth-order valence-electron chi connectivity index (χ4n) is 2.90. The van der Waals surface area contributed by atoms with Gasteiger partial charge < -0.3 is 24.4 Å². The zero-order valence-electron chi connectivity index (χ0n) is 16.3. The molecule has 1 aromatic rings. The number of piperidine rings is 1. The summed E-state index contributed by atoms with van der Waals surface area (Å²) in [5.74, 6) is -2.33. The van der Waals surface area contributed by atoms with Crippen LogP contribution in [0, 0.1) is 0 Å². The highest BCUT2D eigenvalue weighted by molar-refractivity contribution is 6.27. The molecule has 0 saturated carbocycles. The first-order valence-electron chi connectivity index (χ1n) is 8.91. The fourth-order valence-corrected chi connectivity index (χ4v) is 2.90. The van der Waals surface area contributed by atoms with Crippen molar-refractivity contribution in [2.75, 3.05) is 27.4 Å². The molecule has 1 unspecified atom stereocenters. The van der Waals surface area contributed by atoms with E-state index in [-0.39, 0.29) is 12.0 Å². The Morgan fingerprint density at radius 1 is 1.07 bits per heavy atom. The average Bonchev–Trinajstić information content (AvgIpc) is 2.68. The van der Waals surface area contributed by atoms with Crippen LogP contribution in [0.15, 0.2) is 18.2 Å². The van der Waals surface area contributed by atoms with Gasteiger partial charge in [0.2, 0.25) is 0 Å². The maximum absolute atomic E-state index is 12.1. The second-order valence-corrected chi connectivity index (χ2v) is 6.03. The van der Waals surface area contributed by atoms with Crippen LogP contribution < -0.4 is 9.47 Å². The second-order valence-electron chi connectivity index (χ2n) is 6.03. The molecule has 1 aliphatic rings. The van der Waals surface area contributed by atoms with Gasteiger partial charge in [-0.1, -0.05) is 12.5 Å². The van der Waals surface area contributed by atoms with E-state index in [2.05, 4.69) is 4.90 Å². The Labute approximate surface area is 163 Å². The van der Waals surface area contributed by atoms with Crippen LogP contribution in [0.1, 0.15) is 31.7 Å². The maximum Gasteiger partial charge on any atom is 0.414 e. The summed E-state index contributed by atoms with van der Waals surface area (Å²) in [5, 5.41) is 14.8. The lowest BCUT2D eigenvalue weighted by Gasteiger charge is -2.34. The average molecular weight is 397 g/mol. The van der Waals surface area contributed by atoms with Gasteiger partial charge in [0, 0.05) is 6.54 Å². The van der Waals surface area contributed by atoms with E-state index in [4.69, 9.17) is 34.0 Å². The minimum absolute atomic E-state index is 0.109. The van der Waals surface area contributed by atoms with Crippen molar-refractivity contribution in [2.45, 2.75) is 38.8 Å². The number of hydrogen-bond donors (Lipinski definition) is 2. The third-order valence-corrected chi connectivity index (χ3v) is 4.19. The number of nitrogens with zero attached hydrogens (tertiary/aromatic N) is 1. The van der Waals surface area contributed by atoms with Gasteiger partial charge in [-0.25, -0.2) is 9.59 Å². The second kappa shape index (κ2) is 11.8. The van der Waals surface area contributed by atoms with Crippen molar-refractivity contribution in [1.82, 2.24) is 4.90 Å².